The number of hydrogen-bond acceptors (Lipinski definition) is 2. The van der Waals surface area contributed by atoms with Gasteiger partial charge in [0.25, 0.3) is 0 Å². The molecule has 3 rings (SSSR count). The van der Waals surface area contributed by atoms with Gasteiger partial charge in [-0.15, -0.1) is 0 Å². The van der Waals surface area contributed by atoms with Crippen LogP contribution in [0.2, 0.25) is 0 Å². The summed E-state index contributed by atoms with van der Waals surface area (Å²) in [4.78, 5) is 6.99. The van der Waals surface area contributed by atoms with Crippen molar-refractivity contribution in [3.8, 4) is 5.69 Å². The monoisotopic (exact) mass is 350 g/mol. The Bertz CT molecular complexity index is 847. The number of aliphatic imine (C=N–C) groups is 1. The summed E-state index contributed by atoms with van der Waals surface area (Å²) in [5.74, 6) is 0.893. The molecule has 0 unspecified atom stereocenters. The van der Waals surface area contributed by atoms with Crippen LogP contribution in [0.3, 0.4) is 0 Å². The second kappa shape index (κ2) is 8.38. The summed E-state index contributed by atoms with van der Waals surface area (Å²) < 4.78 is 4.01. The Morgan fingerprint density at radius 2 is 2.00 bits per heavy atom. The van der Waals surface area contributed by atoms with Gasteiger partial charge in [-0.2, -0.15) is 5.10 Å². The fourth-order valence-electron chi connectivity index (χ4n) is 2.89. The van der Waals surface area contributed by atoms with Crippen molar-refractivity contribution < 1.29 is 0 Å². The summed E-state index contributed by atoms with van der Waals surface area (Å²) in [6, 6.07) is 14.4. The van der Waals surface area contributed by atoms with Crippen LogP contribution in [0, 0.1) is 0 Å². The molecular formula is C20H26N6. The zero-order valence-electron chi connectivity index (χ0n) is 15.6. The quantitative estimate of drug-likeness (QED) is 0.549. The number of rotatable bonds is 6. The van der Waals surface area contributed by atoms with Crippen LogP contribution in [0.25, 0.3) is 5.69 Å². The molecule has 0 radical (unpaired) electrons. The molecule has 0 saturated carbocycles. The lowest BCUT2D eigenvalue weighted by molar-refractivity contribution is 0.462. The SMILES string of the molecule is CCNC(=NCc1ccccc1-n1cccn1)N(C)Cc1cccn1C. The molecule has 0 aliphatic heterocycles. The molecule has 136 valence electrons. The van der Waals surface area contributed by atoms with Gasteiger partial charge in [-0.1, -0.05) is 18.2 Å². The van der Waals surface area contributed by atoms with E-state index in [-0.39, 0.29) is 0 Å². The molecule has 0 aliphatic rings. The zero-order chi connectivity index (χ0) is 18.4. The normalized spacial score (nSPS) is 11.6. The molecule has 0 amide bonds. The van der Waals surface area contributed by atoms with Crippen molar-refractivity contribution in [2.45, 2.75) is 20.0 Å². The van der Waals surface area contributed by atoms with Crippen LogP contribution in [0.1, 0.15) is 18.2 Å². The molecule has 6 heteroatoms. The highest BCUT2D eigenvalue weighted by molar-refractivity contribution is 5.79. The van der Waals surface area contributed by atoms with Crippen molar-refractivity contribution in [1.82, 2.24) is 24.6 Å². The van der Waals surface area contributed by atoms with E-state index in [2.05, 4.69) is 71.4 Å². The van der Waals surface area contributed by atoms with Gasteiger partial charge in [0, 0.05) is 44.9 Å². The molecule has 1 aromatic carbocycles. The molecule has 26 heavy (non-hydrogen) atoms. The zero-order valence-corrected chi connectivity index (χ0v) is 15.6. The lowest BCUT2D eigenvalue weighted by atomic mass is 10.2. The molecule has 0 atom stereocenters. The van der Waals surface area contributed by atoms with Gasteiger partial charge in [0.15, 0.2) is 5.96 Å². The third-order valence-electron chi connectivity index (χ3n) is 4.29. The molecule has 3 aromatic rings. The average Bonchev–Trinajstić information content (AvgIpc) is 3.31. The second-order valence-electron chi connectivity index (χ2n) is 6.22. The van der Waals surface area contributed by atoms with Crippen LogP contribution in [-0.4, -0.2) is 38.8 Å². The first kappa shape index (κ1) is 17.8. The van der Waals surface area contributed by atoms with Gasteiger partial charge >= 0.3 is 0 Å². The molecule has 2 aromatic heterocycles. The molecule has 1 N–H and O–H groups in total. The fourth-order valence-corrected chi connectivity index (χ4v) is 2.89. The lowest BCUT2D eigenvalue weighted by Crippen LogP contribution is -2.38. The molecule has 6 nitrogen and oxygen atoms in total. The minimum Gasteiger partial charge on any atom is -0.357 e. The molecule has 0 bridgehead atoms. The standard InChI is InChI=1S/C20H26N6/c1-4-21-20(25(3)16-18-10-7-13-24(18)2)22-15-17-9-5-6-11-19(17)26-14-8-12-23-26/h5-14H,4,15-16H2,1-3H3,(H,21,22). The van der Waals surface area contributed by atoms with E-state index in [1.807, 2.05) is 29.1 Å². The minimum atomic E-state index is 0.593. The predicted octanol–water partition coefficient (Wildman–Crippen LogP) is 2.81. The third-order valence-corrected chi connectivity index (χ3v) is 4.29. The summed E-state index contributed by atoms with van der Waals surface area (Å²) >= 11 is 0. The number of nitrogens with zero attached hydrogens (tertiary/aromatic N) is 5. The van der Waals surface area contributed by atoms with Crippen LogP contribution < -0.4 is 5.32 Å². The van der Waals surface area contributed by atoms with Gasteiger partial charge in [0.05, 0.1) is 18.8 Å². The van der Waals surface area contributed by atoms with Crippen LogP contribution in [0.4, 0.5) is 0 Å². The summed E-state index contributed by atoms with van der Waals surface area (Å²) in [6.45, 7) is 4.31. The first-order chi connectivity index (χ1) is 12.7. The third kappa shape index (κ3) is 4.14. The van der Waals surface area contributed by atoms with Gasteiger partial charge in [0.1, 0.15) is 0 Å². The summed E-state index contributed by atoms with van der Waals surface area (Å²) in [5, 5.41) is 7.73. The number of nitrogens with one attached hydrogen (secondary N) is 1. The van der Waals surface area contributed by atoms with E-state index in [1.54, 1.807) is 6.20 Å². The van der Waals surface area contributed by atoms with Gasteiger partial charge in [0.2, 0.25) is 0 Å². The van der Waals surface area contributed by atoms with E-state index in [0.717, 1.165) is 30.3 Å². The number of guanidine groups is 1. The van der Waals surface area contributed by atoms with Gasteiger partial charge in [-0.05, 0) is 36.8 Å². The molecule has 0 saturated heterocycles. The average molecular weight is 350 g/mol. The molecule has 0 spiro atoms. The van der Waals surface area contributed by atoms with Crippen molar-refractivity contribution in [2.75, 3.05) is 13.6 Å². The van der Waals surface area contributed by atoms with E-state index in [4.69, 9.17) is 4.99 Å². The second-order valence-corrected chi connectivity index (χ2v) is 6.22. The van der Waals surface area contributed by atoms with E-state index < -0.39 is 0 Å². The highest BCUT2D eigenvalue weighted by Gasteiger charge is 2.09. The van der Waals surface area contributed by atoms with Crippen LogP contribution in [0.5, 0.6) is 0 Å². The molecule has 0 fully saturated rings. The topological polar surface area (TPSA) is 50.4 Å². The predicted molar refractivity (Wildman–Crippen MR) is 105 cm³/mol. The Labute approximate surface area is 154 Å². The number of aromatic nitrogens is 3. The summed E-state index contributed by atoms with van der Waals surface area (Å²) in [5.41, 5.74) is 3.44. The minimum absolute atomic E-state index is 0.593. The van der Waals surface area contributed by atoms with Gasteiger partial charge < -0.3 is 14.8 Å². The van der Waals surface area contributed by atoms with Crippen molar-refractivity contribution in [3.63, 3.8) is 0 Å². The summed E-state index contributed by atoms with van der Waals surface area (Å²) in [7, 11) is 4.13. The largest absolute Gasteiger partial charge is 0.357 e. The summed E-state index contributed by atoms with van der Waals surface area (Å²) in [6.07, 6.45) is 5.81. The Balaban J connectivity index is 1.79. The van der Waals surface area contributed by atoms with E-state index in [9.17, 15) is 0 Å². The molecule has 0 aliphatic carbocycles. The van der Waals surface area contributed by atoms with Crippen molar-refractivity contribution in [3.05, 3.63) is 72.3 Å². The Morgan fingerprint density at radius 3 is 2.69 bits per heavy atom. The number of aryl methyl sites for hydroxylation is 1. The first-order valence-corrected chi connectivity index (χ1v) is 8.86. The number of benzene rings is 1. The number of para-hydroxylation sites is 1. The highest BCUT2D eigenvalue weighted by atomic mass is 15.3. The highest BCUT2D eigenvalue weighted by Crippen LogP contribution is 2.15. The smallest absolute Gasteiger partial charge is 0.194 e. The van der Waals surface area contributed by atoms with Crippen LogP contribution in [-0.2, 0) is 20.1 Å². The fraction of sp³-hybridized carbons (Fsp3) is 0.300. The Morgan fingerprint density at radius 1 is 1.15 bits per heavy atom. The molecule has 2 heterocycles. The van der Waals surface area contributed by atoms with Gasteiger partial charge in [-0.25, -0.2) is 9.67 Å². The lowest BCUT2D eigenvalue weighted by Gasteiger charge is -2.22. The van der Waals surface area contributed by atoms with Crippen LogP contribution in [0.15, 0.2) is 66.0 Å². The first-order valence-electron chi connectivity index (χ1n) is 8.86. The van der Waals surface area contributed by atoms with Crippen molar-refractivity contribution >= 4 is 5.96 Å². The van der Waals surface area contributed by atoms with Crippen LogP contribution >= 0.6 is 0 Å². The maximum atomic E-state index is 4.85. The van der Waals surface area contributed by atoms with Crippen molar-refractivity contribution in [1.29, 1.82) is 0 Å². The van der Waals surface area contributed by atoms with E-state index >= 15 is 0 Å². The van der Waals surface area contributed by atoms with Gasteiger partial charge in [-0.3, -0.25) is 0 Å². The maximum Gasteiger partial charge on any atom is 0.194 e. The van der Waals surface area contributed by atoms with E-state index in [1.165, 1.54) is 5.69 Å². The molecular weight excluding hydrogens is 324 g/mol. The Hall–Kier alpha value is -3.02. The van der Waals surface area contributed by atoms with E-state index in [0.29, 0.717) is 6.54 Å². The maximum absolute atomic E-state index is 4.85. The number of hydrogen-bond donors (Lipinski definition) is 1. The van der Waals surface area contributed by atoms with Crippen molar-refractivity contribution in [2.24, 2.45) is 12.0 Å². The Kier molecular flexibility index (Phi) is 5.73.